The average molecular weight is 301 g/mol. The van der Waals surface area contributed by atoms with Gasteiger partial charge in [-0.05, 0) is 76.8 Å². The maximum absolute atomic E-state index is 12.5. The first kappa shape index (κ1) is 13.6. The van der Waals surface area contributed by atoms with Gasteiger partial charge in [0.2, 0.25) is 0 Å². The molecule has 0 aromatic carbocycles. The molecular formula is C19H27NO2. The number of hydrogen-bond donors (Lipinski definition) is 0. The summed E-state index contributed by atoms with van der Waals surface area (Å²) < 4.78 is 6.07. The Bertz CT molecular complexity index is 524. The summed E-state index contributed by atoms with van der Waals surface area (Å²) in [5.41, 5.74) is 2.60. The molecule has 0 spiro atoms. The Labute approximate surface area is 133 Å². The number of carbonyl (C=O) groups is 1. The number of carbonyl (C=O) groups excluding carboxylic acids is 1. The van der Waals surface area contributed by atoms with Crippen molar-refractivity contribution in [1.29, 1.82) is 0 Å². The standard InChI is InChI=1S/C19H27NO2/c21-19-14-7-2-1-6-13(14)16-11-12-5-3-9-20-10-4-8-15(17(12)20)18(16)22-19/h12,15-18H,1-11H2. The highest BCUT2D eigenvalue weighted by Crippen LogP contribution is 2.52. The maximum Gasteiger partial charge on any atom is 0.334 e. The summed E-state index contributed by atoms with van der Waals surface area (Å²) in [7, 11) is 0. The van der Waals surface area contributed by atoms with Crippen LogP contribution in [-0.4, -0.2) is 36.1 Å². The van der Waals surface area contributed by atoms with E-state index in [4.69, 9.17) is 4.74 Å². The highest BCUT2D eigenvalue weighted by molar-refractivity contribution is 5.90. The van der Waals surface area contributed by atoms with Gasteiger partial charge in [-0.2, -0.15) is 0 Å². The first-order chi connectivity index (χ1) is 10.8. The molecule has 3 heteroatoms. The molecule has 120 valence electrons. The van der Waals surface area contributed by atoms with E-state index in [1.165, 1.54) is 70.0 Å². The van der Waals surface area contributed by atoms with Gasteiger partial charge in [-0.25, -0.2) is 4.79 Å². The minimum absolute atomic E-state index is 0.0438. The fourth-order valence-corrected chi connectivity index (χ4v) is 6.41. The van der Waals surface area contributed by atoms with Crippen molar-refractivity contribution < 1.29 is 9.53 Å². The van der Waals surface area contributed by atoms with Gasteiger partial charge < -0.3 is 4.74 Å². The maximum atomic E-state index is 12.5. The van der Waals surface area contributed by atoms with Gasteiger partial charge in [0.1, 0.15) is 6.10 Å². The first-order valence-electron chi connectivity index (χ1n) is 9.50. The van der Waals surface area contributed by atoms with E-state index in [1.54, 1.807) is 0 Å². The van der Waals surface area contributed by atoms with Crippen LogP contribution in [0.4, 0.5) is 0 Å². The van der Waals surface area contributed by atoms with E-state index in [1.807, 2.05) is 0 Å². The van der Waals surface area contributed by atoms with Crippen LogP contribution >= 0.6 is 0 Å². The summed E-state index contributed by atoms with van der Waals surface area (Å²) in [5.74, 6) is 2.07. The molecule has 1 saturated carbocycles. The molecule has 3 nitrogen and oxygen atoms in total. The van der Waals surface area contributed by atoms with E-state index in [-0.39, 0.29) is 12.1 Å². The Morgan fingerprint density at radius 1 is 1.00 bits per heavy atom. The Morgan fingerprint density at radius 3 is 2.73 bits per heavy atom. The number of piperidine rings is 2. The molecule has 2 saturated heterocycles. The van der Waals surface area contributed by atoms with Crippen molar-refractivity contribution >= 4 is 5.97 Å². The van der Waals surface area contributed by atoms with Gasteiger partial charge in [0.25, 0.3) is 0 Å². The zero-order valence-electron chi connectivity index (χ0n) is 13.4. The molecule has 0 aromatic rings. The largest absolute Gasteiger partial charge is 0.458 e. The van der Waals surface area contributed by atoms with Gasteiger partial charge in [0.15, 0.2) is 0 Å². The number of esters is 1. The lowest BCUT2D eigenvalue weighted by molar-refractivity contribution is -0.167. The summed E-state index contributed by atoms with van der Waals surface area (Å²) in [6.07, 6.45) is 11.4. The number of nitrogens with zero attached hydrogens (tertiary/aromatic N) is 1. The molecular weight excluding hydrogens is 274 g/mol. The zero-order chi connectivity index (χ0) is 14.7. The van der Waals surface area contributed by atoms with E-state index in [2.05, 4.69) is 4.90 Å². The van der Waals surface area contributed by atoms with Crippen molar-refractivity contribution in [2.75, 3.05) is 13.1 Å². The van der Waals surface area contributed by atoms with Crippen molar-refractivity contribution in [2.45, 2.75) is 69.9 Å². The van der Waals surface area contributed by atoms with Crippen LogP contribution in [0.5, 0.6) is 0 Å². The van der Waals surface area contributed by atoms with Gasteiger partial charge in [-0.3, -0.25) is 4.90 Å². The van der Waals surface area contributed by atoms with Gasteiger partial charge in [-0.1, -0.05) is 5.57 Å². The SMILES string of the molecule is O=C1OC2C(CC3CCCN4CCCC2C34)C2=C1CCCC2. The van der Waals surface area contributed by atoms with Crippen molar-refractivity contribution in [3.8, 4) is 0 Å². The molecule has 5 unspecified atom stereocenters. The highest BCUT2D eigenvalue weighted by atomic mass is 16.5. The Balaban J connectivity index is 1.53. The minimum Gasteiger partial charge on any atom is -0.458 e. The molecule has 5 atom stereocenters. The Kier molecular flexibility index (Phi) is 3.14. The summed E-state index contributed by atoms with van der Waals surface area (Å²) in [4.78, 5) is 15.2. The van der Waals surface area contributed by atoms with Crippen LogP contribution in [-0.2, 0) is 9.53 Å². The van der Waals surface area contributed by atoms with Crippen LogP contribution in [0, 0.1) is 17.8 Å². The molecule has 22 heavy (non-hydrogen) atoms. The van der Waals surface area contributed by atoms with Crippen molar-refractivity contribution in [1.82, 2.24) is 4.90 Å². The predicted molar refractivity (Wildman–Crippen MR) is 84.3 cm³/mol. The average Bonchev–Trinajstić information content (AvgIpc) is 2.57. The topological polar surface area (TPSA) is 29.5 Å². The van der Waals surface area contributed by atoms with Crippen LogP contribution in [0.3, 0.4) is 0 Å². The number of ether oxygens (including phenoxy) is 1. The molecule has 0 bridgehead atoms. The number of fused-ring (bicyclic) bond motifs is 3. The molecule has 5 rings (SSSR count). The summed E-state index contributed by atoms with van der Waals surface area (Å²) in [6.45, 7) is 2.55. The highest BCUT2D eigenvalue weighted by Gasteiger charge is 2.53. The van der Waals surface area contributed by atoms with Crippen molar-refractivity contribution in [2.24, 2.45) is 17.8 Å². The van der Waals surface area contributed by atoms with Gasteiger partial charge >= 0.3 is 5.97 Å². The van der Waals surface area contributed by atoms with E-state index in [9.17, 15) is 4.79 Å². The van der Waals surface area contributed by atoms with Gasteiger partial charge in [0.05, 0.1) is 0 Å². The normalized spacial score (nSPS) is 44.7. The van der Waals surface area contributed by atoms with Gasteiger partial charge in [-0.15, -0.1) is 0 Å². The number of hydrogen-bond acceptors (Lipinski definition) is 3. The minimum atomic E-state index is 0.0438. The van der Waals surface area contributed by atoms with Crippen LogP contribution in [0.2, 0.25) is 0 Å². The second-order valence-electron chi connectivity index (χ2n) is 8.16. The lowest BCUT2D eigenvalue weighted by atomic mass is 9.60. The van der Waals surface area contributed by atoms with Crippen LogP contribution in [0.25, 0.3) is 0 Å². The monoisotopic (exact) mass is 301 g/mol. The van der Waals surface area contributed by atoms with Crippen LogP contribution < -0.4 is 0 Å². The van der Waals surface area contributed by atoms with Crippen molar-refractivity contribution in [3.63, 3.8) is 0 Å². The predicted octanol–water partition coefficient (Wildman–Crippen LogP) is 3.29. The lowest BCUT2D eigenvalue weighted by Crippen LogP contribution is -2.61. The third-order valence-electron chi connectivity index (χ3n) is 7.17. The third kappa shape index (κ3) is 1.87. The van der Waals surface area contributed by atoms with Gasteiger partial charge in [0, 0.05) is 23.5 Å². The van der Waals surface area contributed by atoms with Crippen LogP contribution in [0.15, 0.2) is 11.1 Å². The summed E-state index contributed by atoms with van der Waals surface area (Å²) >= 11 is 0. The lowest BCUT2D eigenvalue weighted by Gasteiger charge is -2.57. The van der Waals surface area contributed by atoms with E-state index in [0.29, 0.717) is 17.9 Å². The van der Waals surface area contributed by atoms with E-state index < -0.39 is 0 Å². The molecule has 0 aromatic heterocycles. The van der Waals surface area contributed by atoms with E-state index >= 15 is 0 Å². The molecule has 0 amide bonds. The molecule has 0 radical (unpaired) electrons. The quantitative estimate of drug-likeness (QED) is 0.643. The molecule has 3 aliphatic heterocycles. The second kappa shape index (κ2) is 5.09. The Hall–Kier alpha value is -0.830. The molecule has 5 aliphatic rings. The third-order valence-corrected chi connectivity index (χ3v) is 7.17. The van der Waals surface area contributed by atoms with E-state index in [0.717, 1.165) is 17.9 Å². The molecule has 3 heterocycles. The summed E-state index contributed by atoms with van der Waals surface area (Å²) in [6, 6.07) is 0.710. The van der Waals surface area contributed by atoms with Crippen molar-refractivity contribution in [3.05, 3.63) is 11.1 Å². The number of rotatable bonds is 0. The molecule has 2 aliphatic carbocycles. The fourth-order valence-electron chi connectivity index (χ4n) is 6.41. The smallest absolute Gasteiger partial charge is 0.334 e. The summed E-state index contributed by atoms with van der Waals surface area (Å²) in [5, 5.41) is 0. The zero-order valence-corrected chi connectivity index (χ0v) is 13.4. The first-order valence-corrected chi connectivity index (χ1v) is 9.50. The fraction of sp³-hybridized carbons (Fsp3) is 0.842. The molecule has 3 fully saturated rings. The Morgan fingerprint density at radius 2 is 1.82 bits per heavy atom. The molecule has 0 N–H and O–H groups in total. The van der Waals surface area contributed by atoms with Crippen LogP contribution in [0.1, 0.15) is 57.8 Å². The second-order valence-corrected chi connectivity index (χ2v) is 8.16.